The zero-order valence-electron chi connectivity index (χ0n) is 7.28. The van der Waals surface area contributed by atoms with Crippen molar-refractivity contribution in [3.8, 4) is 0 Å². The van der Waals surface area contributed by atoms with Gasteiger partial charge in [0.05, 0.1) is 0 Å². The van der Waals surface area contributed by atoms with E-state index in [1.165, 1.54) is 0 Å². The molecule has 0 saturated carbocycles. The van der Waals surface area contributed by atoms with Crippen LogP contribution in [0.3, 0.4) is 0 Å². The summed E-state index contributed by atoms with van der Waals surface area (Å²) in [5.41, 5.74) is 0. The number of halogens is 1. The predicted molar refractivity (Wildman–Crippen MR) is 44.8 cm³/mol. The largest absolute Gasteiger partial charge is 2.00 e. The Hall–Kier alpha value is 1.23. The monoisotopic (exact) mass is 190 g/mol. The normalized spacial score (nSPS) is 10.2. The first kappa shape index (κ1) is 17.4. The molecule has 10 heavy (non-hydrogen) atoms. The average Bonchev–Trinajstić information content (AvgIpc) is 1.21. The molecule has 1 nitrogen and oxygen atoms in total. The van der Waals surface area contributed by atoms with Crippen LogP contribution in [-0.2, 0) is 4.43 Å². The Kier molecular flexibility index (Phi) is 12.0. The van der Waals surface area contributed by atoms with Gasteiger partial charge >= 0.3 is 23.1 Å². The van der Waals surface area contributed by atoms with Crippen LogP contribution < -0.4 is 12.4 Å². The fourth-order valence-corrected chi connectivity index (χ4v) is 1.91. The SMILES string of the molecule is [CH2-][Si](C)(C)OC(C)C.[Cl-].[Mg+2]. The van der Waals surface area contributed by atoms with E-state index in [1.54, 1.807) is 0 Å². The third kappa shape index (κ3) is 16.1. The van der Waals surface area contributed by atoms with Crippen LogP contribution in [0.1, 0.15) is 13.8 Å². The summed E-state index contributed by atoms with van der Waals surface area (Å²) in [4.78, 5) is 0. The van der Waals surface area contributed by atoms with Gasteiger partial charge in [0.15, 0.2) is 0 Å². The Morgan fingerprint density at radius 3 is 1.60 bits per heavy atom. The quantitative estimate of drug-likeness (QED) is 0.386. The Morgan fingerprint density at radius 2 is 1.60 bits per heavy atom. The van der Waals surface area contributed by atoms with Gasteiger partial charge in [-0.1, -0.05) is 13.1 Å². The third-order valence-corrected chi connectivity index (χ3v) is 1.66. The van der Waals surface area contributed by atoms with Crippen LogP contribution in [0.25, 0.3) is 0 Å². The Morgan fingerprint density at radius 1 is 1.30 bits per heavy atom. The summed E-state index contributed by atoms with van der Waals surface area (Å²) in [6.07, 6.45) is 0.342. The van der Waals surface area contributed by atoms with Crippen molar-refractivity contribution in [1.82, 2.24) is 0 Å². The molecule has 0 aromatic heterocycles. The number of hydrogen-bond donors (Lipinski definition) is 0. The number of rotatable bonds is 2. The summed E-state index contributed by atoms with van der Waals surface area (Å²) < 4.78 is 5.47. The van der Waals surface area contributed by atoms with Crippen LogP contribution in [0.5, 0.6) is 0 Å². The predicted octanol–water partition coefficient (Wildman–Crippen LogP) is -1.39. The van der Waals surface area contributed by atoms with Gasteiger partial charge in [-0.2, -0.15) is 0 Å². The van der Waals surface area contributed by atoms with Crippen molar-refractivity contribution in [2.75, 3.05) is 0 Å². The molecule has 0 aromatic carbocycles. The van der Waals surface area contributed by atoms with E-state index in [9.17, 15) is 0 Å². The first-order valence-electron chi connectivity index (χ1n) is 2.95. The smallest absolute Gasteiger partial charge is 1.00 e. The molecule has 0 amide bonds. The minimum atomic E-state index is -1.47. The summed E-state index contributed by atoms with van der Waals surface area (Å²) in [6, 6.07) is 0. The summed E-state index contributed by atoms with van der Waals surface area (Å²) >= 11 is 0. The van der Waals surface area contributed by atoms with Crippen molar-refractivity contribution in [3.05, 3.63) is 6.55 Å². The maximum atomic E-state index is 5.47. The molecule has 0 aliphatic heterocycles. The van der Waals surface area contributed by atoms with Gasteiger partial charge in [-0.25, -0.2) is 0 Å². The van der Waals surface area contributed by atoms with Crippen LogP contribution in [0.4, 0.5) is 0 Å². The molecule has 0 atom stereocenters. The Balaban J connectivity index is -0.000000245. The molecule has 0 radical (unpaired) electrons. The molecule has 4 heteroatoms. The van der Waals surface area contributed by atoms with Gasteiger partial charge < -0.3 is 23.4 Å². The molecule has 0 aromatic rings. The zero-order valence-corrected chi connectivity index (χ0v) is 10.4. The molecule has 0 rings (SSSR count). The molecule has 0 bridgehead atoms. The van der Waals surface area contributed by atoms with E-state index in [1.807, 2.05) is 13.8 Å². The topological polar surface area (TPSA) is 9.23 Å². The molecule has 0 aliphatic rings. The molecular formula is C6H15ClMgOSi. The first-order valence-corrected chi connectivity index (χ1v) is 6.06. The fraction of sp³-hybridized carbons (Fsp3) is 0.833. The van der Waals surface area contributed by atoms with Gasteiger partial charge in [0, 0.05) is 14.4 Å². The summed E-state index contributed by atoms with van der Waals surface area (Å²) in [5.74, 6) is 0. The maximum Gasteiger partial charge on any atom is 2.00 e. The van der Waals surface area contributed by atoms with Crippen molar-refractivity contribution >= 4 is 31.4 Å². The van der Waals surface area contributed by atoms with Crippen LogP contribution in [0, 0.1) is 6.55 Å². The second-order valence-electron chi connectivity index (χ2n) is 2.93. The third-order valence-electron chi connectivity index (χ3n) is 0.555. The minimum absolute atomic E-state index is 0. The van der Waals surface area contributed by atoms with E-state index in [4.69, 9.17) is 4.43 Å². The minimum Gasteiger partial charge on any atom is -1.00 e. The molecule has 0 unspecified atom stereocenters. The van der Waals surface area contributed by atoms with Crippen molar-refractivity contribution in [2.24, 2.45) is 0 Å². The zero-order chi connectivity index (χ0) is 6.78. The molecule has 0 heterocycles. The van der Waals surface area contributed by atoms with Gasteiger partial charge in [0.1, 0.15) is 0 Å². The summed E-state index contributed by atoms with van der Waals surface area (Å²) in [5, 5.41) is 0. The second kappa shape index (κ2) is 6.91. The van der Waals surface area contributed by atoms with Crippen molar-refractivity contribution in [2.45, 2.75) is 33.0 Å². The van der Waals surface area contributed by atoms with Gasteiger partial charge in [-0.05, 0) is 13.8 Å². The summed E-state index contributed by atoms with van der Waals surface area (Å²) in [6.45, 7) is 12.2. The number of hydrogen-bond acceptors (Lipinski definition) is 1. The molecule has 0 aliphatic carbocycles. The molecule has 0 saturated heterocycles. The van der Waals surface area contributed by atoms with Crippen LogP contribution in [0.2, 0.25) is 13.1 Å². The van der Waals surface area contributed by atoms with Crippen LogP contribution in [-0.4, -0.2) is 37.5 Å². The van der Waals surface area contributed by atoms with E-state index >= 15 is 0 Å². The Bertz CT molecular complexity index is 72.6. The van der Waals surface area contributed by atoms with Gasteiger partial charge in [0.25, 0.3) is 0 Å². The second-order valence-corrected chi connectivity index (χ2v) is 6.68. The average molecular weight is 191 g/mol. The van der Waals surface area contributed by atoms with Gasteiger partial charge in [0.2, 0.25) is 0 Å². The van der Waals surface area contributed by atoms with E-state index in [-0.39, 0.29) is 35.5 Å². The molecule has 0 spiro atoms. The first-order chi connectivity index (χ1) is 3.42. The van der Waals surface area contributed by atoms with Crippen molar-refractivity contribution < 1.29 is 16.8 Å². The fourth-order valence-electron chi connectivity index (χ4n) is 0.638. The van der Waals surface area contributed by atoms with Crippen LogP contribution in [0.15, 0.2) is 0 Å². The van der Waals surface area contributed by atoms with E-state index < -0.39 is 8.32 Å². The van der Waals surface area contributed by atoms with Crippen LogP contribution >= 0.6 is 0 Å². The Labute approximate surface area is 87.6 Å². The van der Waals surface area contributed by atoms with E-state index in [2.05, 4.69) is 19.6 Å². The molecule has 0 N–H and O–H groups in total. The molecule has 0 fully saturated rings. The van der Waals surface area contributed by atoms with E-state index in [0.29, 0.717) is 6.10 Å². The molecular weight excluding hydrogens is 176 g/mol. The van der Waals surface area contributed by atoms with E-state index in [0.717, 1.165) is 0 Å². The van der Waals surface area contributed by atoms with Crippen molar-refractivity contribution in [1.29, 1.82) is 0 Å². The summed E-state index contributed by atoms with van der Waals surface area (Å²) in [7, 11) is -1.47. The van der Waals surface area contributed by atoms with Gasteiger partial charge in [-0.3, -0.25) is 0 Å². The van der Waals surface area contributed by atoms with Crippen molar-refractivity contribution in [3.63, 3.8) is 0 Å². The standard InChI is InChI=1S/C6H15OSi.ClH.Mg/c1-6(2)7-8(3,4)5;;/h6H,3H2,1-2,4-5H3;1H;/q-1;;+2/p-1. The maximum absolute atomic E-state index is 5.47. The van der Waals surface area contributed by atoms with Gasteiger partial charge in [-0.15, -0.1) is 0 Å². The molecule has 58 valence electrons.